The normalized spacial score (nSPS) is 18.5. The molecule has 2 rings (SSSR count). The molecule has 1 atom stereocenters. The van der Waals surface area contributed by atoms with Gasteiger partial charge in [-0.15, -0.1) is 0 Å². The Morgan fingerprint density at radius 3 is 2.43 bits per heavy atom. The molecule has 2 N–H and O–H groups in total. The van der Waals surface area contributed by atoms with Crippen molar-refractivity contribution in [2.45, 2.75) is 44.6 Å². The minimum absolute atomic E-state index is 0.182. The summed E-state index contributed by atoms with van der Waals surface area (Å²) in [7, 11) is -3.32. The zero-order valence-corrected chi connectivity index (χ0v) is 13.2. The molecule has 1 aliphatic rings. The van der Waals surface area contributed by atoms with E-state index in [1.54, 1.807) is 0 Å². The maximum absolute atomic E-state index is 12.2. The van der Waals surface area contributed by atoms with Crippen LogP contribution in [0.1, 0.15) is 37.7 Å². The molecule has 1 fully saturated rings. The number of hydrogen-bond donors (Lipinski definition) is 2. The first-order chi connectivity index (χ1) is 10.1. The van der Waals surface area contributed by atoms with Crippen LogP contribution in [-0.2, 0) is 16.4 Å². The first-order valence-corrected chi connectivity index (χ1v) is 9.39. The molecule has 0 amide bonds. The van der Waals surface area contributed by atoms with Gasteiger partial charge in [0.05, 0.1) is 12.4 Å². The van der Waals surface area contributed by atoms with Gasteiger partial charge in [0.25, 0.3) is 0 Å². The lowest BCUT2D eigenvalue weighted by Crippen LogP contribution is -2.41. The quantitative estimate of drug-likeness (QED) is 0.810. The van der Waals surface area contributed by atoms with E-state index in [9.17, 15) is 13.5 Å². The molecule has 0 radical (unpaired) electrons. The fourth-order valence-corrected chi connectivity index (χ4v) is 4.72. The number of rotatable bonds is 7. The smallest absolute Gasteiger partial charge is 0.212 e. The van der Waals surface area contributed by atoms with Crippen molar-refractivity contribution in [2.75, 3.05) is 12.4 Å². The molecule has 0 spiro atoms. The summed E-state index contributed by atoms with van der Waals surface area (Å²) in [5, 5.41) is 9.43. The van der Waals surface area contributed by atoms with Crippen LogP contribution in [0.5, 0.6) is 0 Å². The van der Waals surface area contributed by atoms with Crippen LogP contribution < -0.4 is 4.72 Å². The number of hydrogen-bond acceptors (Lipinski definition) is 3. The summed E-state index contributed by atoms with van der Waals surface area (Å²) in [6.45, 7) is -0.182. The van der Waals surface area contributed by atoms with Gasteiger partial charge in [-0.3, -0.25) is 0 Å². The Balaban J connectivity index is 1.90. The molecule has 118 valence electrons. The maximum atomic E-state index is 12.2. The first-order valence-electron chi connectivity index (χ1n) is 7.74. The molecule has 1 aromatic rings. The summed E-state index contributed by atoms with van der Waals surface area (Å²) < 4.78 is 27.1. The summed E-state index contributed by atoms with van der Waals surface area (Å²) in [6, 6.07) is 9.20. The molecule has 0 saturated heterocycles. The average molecular weight is 311 g/mol. The molecular formula is C16H25NO3S. The molecule has 21 heavy (non-hydrogen) atoms. The number of aliphatic hydroxyl groups excluding tert-OH is 1. The standard InChI is InChI=1S/C16H25NO3S/c18-12-16(11-14-7-3-1-4-8-14)17-21(19,20)13-15-9-5-2-6-10-15/h1,3-4,7-8,15-18H,2,5-6,9-13H2/t16-/m1/s1. The lowest BCUT2D eigenvalue weighted by atomic mass is 9.91. The minimum Gasteiger partial charge on any atom is -0.395 e. The second kappa shape index (κ2) is 7.92. The van der Waals surface area contributed by atoms with Crippen LogP contribution in [0.4, 0.5) is 0 Å². The van der Waals surface area contributed by atoms with Crippen molar-refractivity contribution in [1.29, 1.82) is 0 Å². The Hall–Kier alpha value is -0.910. The molecule has 0 bridgehead atoms. The monoisotopic (exact) mass is 311 g/mol. The maximum Gasteiger partial charge on any atom is 0.212 e. The van der Waals surface area contributed by atoms with Crippen LogP contribution in [0, 0.1) is 5.92 Å². The van der Waals surface area contributed by atoms with E-state index in [-0.39, 0.29) is 18.3 Å². The van der Waals surface area contributed by atoms with Crippen LogP contribution in [0.25, 0.3) is 0 Å². The van der Waals surface area contributed by atoms with E-state index in [4.69, 9.17) is 0 Å². The second-order valence-electron chi connectivity index (χ2n) is 5.97. The predicted molar refractivity (Wildman–Crippen MR) is 84.5 cm³/mol. The lowest BCUT2D eigenvalue weighted by molar-refractivity contribution is 0.255. The Morgan fingerprint density at radius 2 is 1.81 bits per heavy atom. The third kappa shape index (κ3) is 5.77. The SMILES string of the molecule is O=S(=O)(CC1CCCCC1)N[C@@H](CO)Cc1ccccc1. The molecule has 1 saturated carbocycles. The third-order valence-corrected chi connectivity index (χ3v) is 5.67. The molecule has 0 heterocycles. The highest BCUT2D eigenvalue weighted by Gasteiger charge is 2.23. The van der Waals surface area contributed by atoms with Gasteiger partial charge in [0.15, 0.2) is 0 Å². The summed E-state index contributed by atoms with van der Waals surface area (Å²) in [4.78, 5) is 0. The Kier molecular flexibility index (Phi) is 6.21. The van der Waals surface area contributed by atoms with Gasteiger partial charge in [0.2, 0.25) is 10.0 Å². The van der Waals surface area contributed by atoms with Gasteiger partial charge in [0, 0.05) is 6.04 Å². The molecule has 0 unspecified atom stereocenters. The van der Waals surface area contributed by atoms with Crippen molar-refractivity contribution in [1.82, 2.24) is 4.72 Å². The highest BCUT2D eigenvalue weighted by Crippen LogP contribution is 2.24. The number of benzene rings is 1. The fourth-order valence-electron chi connectivity index (χ4n) is 3.01. The second-order valence-corrected chi connectivity index (χ2v) is 7.77. The molecule has 1 aromatic carbocycles. The van der Waals surface area contributed by atoms with E-state index in [0.29, 0.717) is 6.42 Å². The van der Waals surface area contributed by atoms with Crippen LogP contribution >= 0.6 is 0 Å². The fraction of sp³-hybridized carbons (Fsp3) is 0.625. The van der Waals surface area contributed by atoms with Gasteiger partial charge >= 0.3 is 0 Å². The molecule has 0 aliphatic heterocycles. The van der Waals surface area contributed by atoms with Crippen LogP contribution in [0.3, 0.4) is 0 Å². The number of aliphatic hydroxyl groups is 1. The average Bonchev–Trinajstić information content (AvgIpc) is 2.48. The van der Waals surface area contributed by atoms with E-state index in [2.05, 4.69) is 4.72 Å². The van der Waals surface area contributed by atoms with E-state index < -0.39 is 16.1 Å². The van der Waals surface area contributed by atoms with Crippen molar-refractivity contribution >= 4 is 10.0 Å². The van der Waals surface area contributed by atoms with Crippen molar-refractivity contribution < 1.29 is 13.5 Å². The van der Waals surface area contributed by atoms with Gasteiger partial charge in [0.1, 0.15) is 0 Å². The van der Waals surface area contributed by atoms with E-state index in [1.807, 2.05) is 30.3 Å². The first kappa shape index (κ1) is 16.5. The van der Waals surface area contributed by atoms with E-state index in [1.165, 1.54) is 6.42 Å². The number of sulfonamides is 1. The summed E-state index contributed by atoms with van der Waals surface area (Å²) in [5.41, 5.74) is 1.02. The largest absolute Gasteiger partial charge is 0.395 e. The molecule has 4 nitrogen and oxygen atoms in total. The van der Waals surface area contributed by atoms with Gasteiger partial charge in [-0.25, -0.2) is 13.1 Å². The topological polar surface area (TPSA) is 66.4 Å². The molecular weight excluding hydrogens is 286 g/mol. The van der Waals surface area contributed by atoms with E-state index in [0.717, 1.165) is 31.2 Å². The van der Waals surface area contributed by atoms with Crippen molar-refractivity contribution in [3.05, 3.63) is 35.9 Å². The Labute approximate surface area is 127 Å². The van der Waals surface area contributed by atoms with Crippen molar-refractivity contribution in [3.8, 4) is 0 Å². The molecule has 1 aliphatic carbocycles. The summed E-state index contributed by atoms with van der Waals surface area (Å²) >= 11 is 0. The molecule has 0 aromatic heterocycles. The van der Waals surface area contributed by atoms with Gasteiger partial charge in [-0.2, -0.15) is 0 Å². The van der Waals surface area contributed by atoms with Gasteiger partial charge in [-0.05, 0) is 30.7 Å². The Bertz CT molecular complexity index is 510. The summed E-state index contributed by atoms with van der Waals surface area (Å²) in [6.07, 6.45) is 6.01. The zero-order chi connectivity index (χ0) is 15.1. The van der Waals surface area contributed by atoms with Crippen LogP contribution in [0.15, 0.2) is 30.3 Å². The van der Waals surface area contributed by atoms with Gasteiger partial charge < -0.3 is 5.11 Å². The number of nitrogens with one attached hydrogen (secondary N) is 1. The summed E-state index contributed by atoms with van der Waals surface area (Å²) in [5.74, 6) is 0.463. The molecule has 5 heteroatoms. The van der Waals surface area contributed by atoms with Crippen molar-refractivity contribution in [2.24, 2.45) is 5.92 Å². The zero-order valence-electron chi connectivity index (χ0n) is 12.4. The Morgan fingerprint density at radius 1 is 1.14 bits per heavy atom. The predicted octanol–water partition coefficient (Wildman–Crippen LogP) is 2.09. The van der Waals surface area contributed by atoms with Crippen LogP contribution in [0.2, 0.25) is 0 Å². The van der Waals surface area contributed by atoms with Crippen LogP contribution in [-0.4, -0.2) is 31.9 Å². The van der Waals surface area contributed by atoms with E-state index >= 15 is 0 Å². The van der Waals surface area contributed by atoms with Gasteiger partial charge in [-0.1, -0.05) is 49.6 Å². The minimum atomic E-state index is -3.32. The highest BCUT2D eigenvalue weighted by molar-refractivity contribution is 7.89. The van der Waals surface area contributed by atoms with Crippen molar-refractivity contribution in [3.63, 3.8) is 0 Å². The highest BCUT2D eigenvalue weighted by atomic mass is 32.2. The third-order valence-electron chi connectivity index (χ3n) is 4.07. The lowest BCUT2D eigenvalue weighted by Gasteiger charge is -2.23.